The van der Waals surface area contributed by atoms with Gasteiger partial charge in [-0.3, -0.25) is 14.5 Å². The molecule has 1 saturated heterocycles. The van der Waals surface area contributed by atoms with Crippen LogP contribution >= 0.6 is 0 Å². The molecule has 47 heavy (non-hydrogen) atoms. The quantitative estimate of drug-likeness (QED) is 0.229. The lowest BCUT2D eigenvalue weighted by Crippen LogP contribution is -2.42. The summed E-state index contributed by atoms with van der Waals surface area (Å²) in [6.45, 7) is 7.17. The molecule has 1 unspecified atom stereocenters. The summed E-state index contributed by atoms with van der Waals surface area (Å²) in [7, 11) is 3.16. The van der Waals surface area contributed by atoms with Gasteiger partial charge < -0.3 is 40.0 Å². The van der Waals surface area contributed by atoms with Crippen molar-refractivity contribution in [1.82, 2.24) is 10.2 Å². The number of benzene rings is 3. The van der Waals surface area contributed by atoms with Crippen molar-refractivity contribution in [3.05, 3.63) is 101 Å². The largest absolute Gasteiger partial charge is 0.497 e. The van der Waals surface area contributed by atoms with Crippen LogP contribution in [0.2, 0.25) is 0 Å². The average molecular weight is 643 g/mol. The number of carbonyl (C=O) groups is 2. The van der Waals surface area contributed by atoms with E-state index in [-0.39, 0.29) is 18.4 Å². The lowest BCUT2D eigenvalue weighted by Gasteiger charge is -2.31. The fraction of sp³-hybridized carbons (Fsp3) is 0.333. The Morgan fingerprint density at radius 1 is 0.809 bits per heavy atom. The van der Waals surface area contributed by atoms with Gasteiger partial charge in [0, 0.05) is 59.5 Å². The van der Waals surface area contributed by atoms with E-state index in [1.54, 1.807) is 74.9 Å². The third-order valence-electron chi connectivity index (χ3n) is 8.17. The molecular formula is C36H42N4O7. The zero-order chi connectivity index (χ0) is 33.3. The van der Waals surface area contributed by atoms with Crippen LogP contribution in [0, 0.1) is 0 Å². The minimum absolute atomic E-state index is 0.132. The third kappa shape index (κ3) is 8.50. The Hall–Kier alpha value is -4.84. The van der Waals surface area contributed by atoms with Crippen molar-refractivity contribution in [2.75, 3.05) is 64.3 Å². The number of hydrogen-bond donors (Lipinski definition) is 4. The number of nitrogens with one attached hydrogen (secondary N) is 3. The van der Waals surface area contributed by atoms with E-state index < -0.39 is 12.0 Å². The summed E-state index contributed by atoms with van der Waals surface area (Å²) in [6, 6.07) is 21.4. The summed E-state index contributed by atoms with van der Waals surface area (Å²) in [5, 5.41) is 19.8. The highest BCUT2D eigenvalue weighted by molar-refractivity contribution is 6.11. The molecule has 0 bridgehead atoms. The molecule has 2 heterocycles. The van der Waals surface area contributed by atoms with Crippen LogP contribution in [0.15, 0.2) is 95.3 Å². The maximum atomic E-state index is 14.0. The Kier molecular flexibility index (Phi) is 11.2. The number of ether oxygens (including phenoxy) is 4. The van der Waals surface area contributed by atoms with E-state index in [1.807, 2.05) is 26.0 Å². The number of aliphatic hydroxyl groups is 1. The predicted octanol–water partition coefficient (Wildman–Crippen LogP) is 4.29. The van der Waals surface area contributed by atoms with Crippen LogP contribution < -0.4 is 30.2 Å². The Morgan fingerprint density at radius 2 is 1.28 bits per heavy atom. The molecule has 2 aliphatic rings. The average Bonchev–Trinajstić information content (AvgIpc) is 3.08. The van der Waals surface area contributed by atoms with Crippen LogP contribution in [-0.2, 0) is 14.3 Å². The molecule has 4 N–H and O–H groups in total. The number of hydrogen-bond acceptors (Lipinski definition) is 9. The SMILES string of the molecule is COc1ccc(NC(=O)C2=C(C)NC(C)=C(C(=O)Nc3ccc(OC)cc3)C2c2ccc(OCC(O)CN3CCOCC3)cc2)cc1. The fourth-order valence-electron chi connectivity index (χ4n) is 5.76. The predicted molar refractivity (Wildman–Crippen MR) is 180 cm³/mol. The molecule has 3 aromatic rings. The molecule has 5 rings (SSSR count). The molecule has 0 aliphatic carbocycles. The number of dihydropyridines is 1. The number of morpholine rings is 1. The van der Waals surface area contributed by atoms with Gasteiger partial charge in [0.2, 0.25) is 0 Å². The molecule has 11 nitrogen and oxygen atoms in total. The monoisotopic (exact) mass is 642 g/mol. The van der Waals surface area contributed by atoms with E-state index >= 15 is 0 Å². The van der Waals surface area contributed by atoms with Crippen molar-refractivity contribution < 1.29 is 33.6 Å². The zero-order valence-corrected chi connectivity index (χ0v) is 27.2. The van der Waals surface area contributed by atoms with Gasteiger partial charge in [-0.15, -0.1) is 0 Å². The zero-order valence-electron chi connectivity index (χ0n) is 27.2. The van der Waals surface area contributed by atoms with Crippen LogP contribution in [0.25, 0.3) is 0 Å². The van der Waals surface area contributed by atoms with Gasteiger partial charge in [-0.05, 0) is 80.1 Å². The van der Waals surface area contributed by atoms with Crippen molar-refractivity contribution in [1.29, 1.82) is 0 Å². The Labute approximate surface area is 275 Å². The number of amides is 2. The molecule has 1 atom stereocenters. The summed E-state index contributed by atoms with van der Waals surface area (Å²) in [4.78, 5) is 30.1. The van der Waals surface area contributed by atoms with Crippen LogP contribution in [-0.4, -0.2) is 81.6 Å². The number of β-amino-alcohol motifs (C(OH)–C–C–N with tert-alkyl or cyclic N) is 1. The Bertz CT molecular complexity index is 1510. The van der Waals surface area contributed by atoms with Gasteiger partial charge in [0.05, 0.1) is 27.4 Å². The summed E-state index contributed by atoms with van der Waals surface area (Å²) < 4.78 is 21.8. The molecule has 3 aromatic carbocycles. The maximum Gasteiger partial charge on any atom is 0.254 e. The summed E-state index contributed by atoms with van der Waals surface area (Å²) in [5.41, 5.74) is 3.97. The number of nitrogens with zero attached hydrogens (tertiary/aromatic N) is 1. The molecular weight excluding hydrogens is 600 g/mol. The molecule has 1 fully saturated rings. The molecule has 2 amide bonds. The first-order chi connectivity index (χ1) is 22.7. The van der Waals surface area contributed by atoms with Crippen LogP contribution in [0.5, 0.6) is 17.2 Å². The first kappa shape index (κ1) is 33.5. The van der Waals surface area contributed by atoms with Crippen molar-refractivity contribution >= 4 is 23.2 Å². The second kappa shape index (κ2) is 15.6. The Morgan fingerprint density at radius 3 is 1.74 bits per heavy atom. The van der Waals surface area contributed by atoms with Crippen LogP contribution in [0.3, 0.4) is 0 Å². The highest BCUT2D eigenvalue weighted by atomic mass is 16.5. The number of carbonyl (C=O) groups excluding carboxylic acids is 2. The molecule has 0 radical (unpaired) electrons. The van der Waals surface area contributed by atoms with E-state index in [1.165, 1.54) is 0 Å². The first-order valence-electron chi connectivity index (χ1n) is 15.6. The van der Waals surface area contributed by atoms with Gasteiger partial charge in [-0.25, -0.2) is 0 Å². The smallest absolute Gasteiger partial charge is 0.254 e. The molecule has 2 aliphatic heterocycles. The van der Waals surface area contributed by atoms with Crippen LogP contribution in [0.1, 0.15) is 25.3 Å². The lowest BCUT2D eigenvalue weighted by atomic mass is 9.79. The van der Waals surface area contributed by atoms with Gasteiger partial charge in [0.1, 0.15) is 30.0 Å². The Balaban J connectivity index is 1.40. The number of methoxy groups -OCH3 is 2. The van der Waals surface area contributed by atoms with Crippen molar-refractivity contribution in [2.45, 2.75) is 25.9 Å². The number of aliphatic hydroxyl groups excluding tert-OH is 1. The van der Waals surface area contributed by atoms with E-state index in [2.05, 4.69) is 20.9 Å². The summed E-state index contributed by atoms with van der Waals surface area (Å²) in [6.07, 6.45) is -0.658. The second-order valence-corrected chi connectivity index (χ2v) is 11.4. The van der Waals surface area contributed by atoms with Crippen LogP contribution in [0.4, 0.5) is 11.4 Å². The summed E-state index contributed by atoms with van der Waals surface area (Å²) >= 11 is 0. The van der Waals surface area contributed by atoms with E-state index in [0.717, 1.165) is 18.7 Å². The highest BCUT2D eigenvalue weighted by Gasteiger charge is 2.36. The number of rotatable bonds is 12. The van der Waals surface area contributed by atoms with Gasteiger partial charge in [-0.1, -0.05) is 12.1 Å². The fourth-order valence-corrected chi connectivity index (χ4v) is 5.76. The summed E-state index contributed by atoms with van der Waals surface area (Å²) in [5.74, 6) is 0.510. The molecule has 11 heteroatoms. The van der Waals surface area contributed by atoms with Gasteiger partial charge in [0.25, 0.3) is 11.8 Å². The van der Waals surface area contributed by atoms with Gasteiger partial charge in [0.15, 0.2) is 0 Å². The van der Waals surface area contributed by atoms with Crippen molar-refractivity contribution in [2.24, 2.45) is 0 Å². The normalized spacial score (nSPS) is 16.3. The van der Waals surface area contributed by atoms with Gasteiger partial charge >= 0.3 is 0 Å². The van der Waals surface area contributed by atoms with Gasteiger partial charge in [-0.2, -0.15) is 0 Å². The molecule has 0 saturated carbocycles. The molecule has 0 aromatic heterocycles. The minimum atomic E-state index is -0.700. The van der Waals surface area contributed by atoms with E-state index in [0.29, 0.717) is 70.9 Å². The first-order valence-corrected chi connectivity index (χ1v) is 15.6. The third-order valence-corrected chi connectivity index (χ3v) is 8.17. The second-order valence-electron chi connectivity index (χ2n) is 11.4. The van der Waals surface area contributed by atoms with E-state index in [9.17, 15) is 14.7 Å². The standard InChI is InChI=1S/C36H42N4O7/c1-23-32(35(42)38-26-7-13-29(44-3)14-8-26)34(33(24(2)37-23)36(43)39-27-9-15-30(45-4)16-10-27)25-5-11-31(12-6-25)47-22-28(41)21-40-17-19-46-20-18-40/h5-16,28,34,37,41H,17-22H2,1-4H3,(H,38,42)(H,39,43). The number of allylic oxidation sites excluding steroid dienone is 2. The maximum absolute atomic E-state index is 14.0. The number of anilines is 2. The lowest BCUT2D eigenvalue weighted by molar-refractivity contribution is -0.113. The van der Waals surface area contributed by atoms with Crippen molar-refractivity contribution in [3.8, 4) is 17.2 Å². The highest BCUT2D eigenvalue weighted by Crippen LogP contribution is 2.40. The molecule has 0 spiro atoms. The molecule has 248 valence electrons. The minimum Gasteiger partial charge on any atom is -0.497 e. The topological polar surface area (TPSA) is 131 Å². The van der Waals surface area contributed by atoms with Crippen molar-refractivity contribution in [3.63, 3.8) is 0 Å². The van der Waals surface area contributed by atoms with E-state index in [4.69, 9.17) is 18.9 Å².